The topological polar surface area (TPSA) is 0 Å². The van der Waals surface area contributed by atoms with Crippen molar-refractivity contribution < 1.29 is 0 Å². The highest BCUT2D eigenvalue weighted by atomic mass is 14.3. The van der Waals surface area contributed by atoms with Gasteiger partial charge in [-0.15, -0.1) is 0 Å². The Morgan fingerprint density at radius 2 is 1.23 bits per heavy atom. The van der Waals surface area contributed by atoms with E-state index in [-0.39, 0.29) is 5.41 Å². The van der Waals surface area contributed by atoms with Crippen LogP contribution >= 0.6 is 0 Å². The molecule has 0 aromatic rings. The Kier molecular flexibility index (Phi) is 5.02. The van der Waals surface area contributed by atoms with Crippen molar-refractivity contribution in [1.29, 1.82) is 0 Å². The Morgan fingerprint density at radius 3 is 1.38 bits per heavy atom. The van der Waals surface area contributed by atoms with Crippen LogP contribution in [0.3, 0.4) is 0 Å². The van der Waals surface area contributed by atoms with Gasteiger partial charge in [0.25, 0.3) is 0 Å². The predicted molar refractivity (Wildman–Crippen MR) is 61.5 cm³/mol. The molecule has 0 saturated carbocycles. The molecule has 0 fully saturated rings. The van der Waals surface area contributed by atoms with Gasteiger partial charge in [-0.05, 0) is 42.9 Å². The first-order chi connectivity index (χ1) is 5.73. The van der Waals surface area contributed by atoms with E-state index in [1.54, 1.807) is 0 Å². The molecule has 1 radical (unpaired) electrons. The molecule has 0 spiro atoms. The van der Waals surface area contributed by atoms with Crippen molar-refractivity contribution in [3.05, 3.63) is 6.92 Å². The Bertz CT molecular complexity index is 115. The largest absolute Gasteiger partial charge is 0.0628 e. The normalized spacial score (nSPS) is 13.4. The predicted octanol–water partition coefficient (Wildman–Crippen LogP) is 4.56. The van der Waals surface area contributed by atoms with Crippen molar-refractivity contribution >= 4 is 0 Å². The van der Waals surface area contributed by atoms with Crippen LogP contribution in [0.5, 0.6) is 0 Å². The number of rotatable bonds is 5. The van der Waals surface area contributed by atoms with Gasteiger partial charge in [-0.3, -0.25) is 0 Å². The molecule has 0 unspecified atom stereocenters. The van der Waals surface area contributed by atoms with Crippen molar-refractivity contribution in [2.24, 2.45) is 23.2 Å². The molecule has 13 heavy (non-hydrogen) atoms. The second-order valence-corrected chi connectivity index (χ2v) is 5.94. The van der Waals surface area contributed by atoms with Crippen molar-refractivity contribution in [2.45, 2.75) is 54.4 Å². The second kappa shape index (κ2) is 5.02. The molecular formula is C13H27. The van der Waals surface area contributed by atoms with E-state index in [9.17, 15) is 0 Å². The zero-order valence-electron chi connectivity index (χ0n) is 10.4. The molecule has 79 valence electrons. The summed E-state index contributed by atoms with van der Waals surface area (Å²) in [5.41, 5.74) is 0.231. The van der Waals surface area contributed by atoms with Gasteiger partial charge in [0.15, 0.2) is 0 Å². The molecular weight excluding hydrogens is 156 g/mol. The van der Waals surface area contributed by atoms with Gasteiger partial charge in [0.2, 0.25) is 0 Å². The summed E-state index contributed by atoms with van der Waals surface area (Å²) >= 11 is 0. The van der Waals surface area contributed by atoms with Crippen LogP contribution in [0.25, 0.3) is 0 Å². The monoisotopic (exact) mass is 183 g/mol. The lowest BCUT2D eigenvalue weighted by atomic mass is 9.72. The smallest absolute Gasteiger partial charge is 0.0326 e. The molecule has 0 aliphatic rings. The first-order valence-corrected chi connectivity index (χ1v) is 5.58. The first-order valence-electron chi connectivity index (χ1n) is 5.58. The van der Waals surface area contributed by atoms with Crippen LogP contribution in [0, 0.1) is 30.1 Å². The van der Waals surface area contributed by atoms with Gasteiger partial charge in [0, 0.05) is 0 Å². The molecule has 0 aliphatic carbocycles. The Morgan fingerprint density at radius 1 is 0.923 bits per heavy atom. The van der Waals surface area contributed by atoms with Gasteiger partial charge in [-0.2, -0.15) is 0 Å². The van der Waals surface area contributed by atoms with Crippen LogP contribution in [0.1, 0.15) is 54.4 Å². The third-order valence-electron chi connectivity index (χ3n) is 2.62. The molecule has 0 aliphatic heterocycles. The minimum Gasteiger partial charge on any atom is -0.0628 e. The standard InChI is InChI=1S/C13H27/c1-10(2)8-12(9-11(3)4)13(5,6)7/h10-12H,5,8-9H2,1-4,6-7H3. The van der Waals surface area contributed by atoms with Crippen molar-refractivity contribution in [1.82, 2.24) is 0 Å². The molecule has 0 heterocycles. The summed E-state index contributed by atoms with van der Waals surface area (Å²) in [6.07, 6.45) is 2.63. The average molecular weight is 183 g/mol. The maximum Gasteiger partial charge on any atom is -0.0326 e. The molecule has 0 nitrogen and oxygen atoms in total. The molecule has 0 N–H and O–H groups in total. The average Bonchev–Trinajstić information content (AvgIpc) is 1.81. The van der Waals surface area contributed by atoms with Crippen molar-refractivity contribution in [3.63, 3.8) is 0 Å². The lowest BCUT2D eigenvalue weighted by Crippen LogP contribution is -2.24. The third-order valence-corrected chi connectivity index (χ3v) is 2.62. The minimum atomic E-state index is 0.231. The molecule has 0 heteroatoms. The zero-order valence-corrected chi connectivity index (χ0v) is 10.4. The molecule has 0 aromatic carbocycles. The number of hydrogen-bond acceptors (Lipinski definition) is 0. The molecule has 0 bridgehead atoms. The summed E-state index contributed by atoms with van der Waals surface area (Å²) < 4.78 is 0. The highest BCUT2D eigenvalue weighted by Gasteiger charge is 2.25. The molecule has 0 aromatic heterocycles. The zero-order chi connectivity index (χ0) is 10.6. The van der Waals surface area contributed by atoms with E-state index in [0.29, 0.717) is 0 Å². The molecule has 0 saturated heterocycles. The summed E-state index contributed by atoms with van der Waals surface area (Å²) in [5.74, 6) is 2.36. The van der Waals surface area contributed by atoms with Crippen molar-refractivity contribution in [2.75, 3.05) is 0 Å². The van der Waals surface area contributed by atoms with Gasteiger partial charge >= 0.3 is 0 Å². The van der Waals surface area contributed by atoms with Gasteiger partial charge < -0.3 is 0 Å². The van der Waals surface area contributed by atoms with Crippen LogP contribution < -0.4 is 0 Å². The minimum absolute atomic E-state index is 0.231. The summed E-state index contributed by atoms with van der Waals surface area (Å²) in [7, 11) is 0. The maximum absolute atomic E-state index is 4.28. The quantitative estimate of drug-likeness (QED) is 0.586. The fraction of sp³-hybridized carbons (Fsp3) is 0.923. The van der Waals surface area contributed by atoms with E-state index < -0.39 is 0 Å². The Labute approximate surface area is 85.1 Å². The van der Waals surface area contributed by atoms with Gasteiger partial charge in [0.1, 0.15) is 0 Å². The van der Waals surface area contributed by atoms with Crippen LogP contribution in [0.15, 0.2) is 0 Å². The van der Waals surface area contributed by atoms with E-state index in [4.69, 9.17) is 0 Å². The SMILES string of the molecule is [CH2]C(C)(C)C(CC(C)C)CC(C)C. The maximum atomic E-state index is 4.28. The molecule has 0 amide bonds. The molecule has 0 rings (SSSR count). The van der Waals surface area contributed by atoms with Crippen LogP contribution in [-0.2, 0) is 0 Å². The Hall–Kier alpha value is 0. The van der Waals surface area contributed by atoms with E-state index >= 15 is 0 Å². The number of hydrogen-bond donors (Lipinski definition) is 0. The highest BCUT2D eigenvalue weighted by Crippen LogP contribution is 2.35. The third kappa shape index (κ3) is 6.12. The highest BCUT2D eigenvalue weighted by molar-refractivity contribution is 4.81. The van der Waals surface area contributed by atoms with E-state index in [1.807, 2.05) is 0 Å². The van der Waals surface area contributed by atoms with Gasteiger partial charge in [-0.1, -0.05) is 41.5 Å². The second-order valence-electron chi connectivity index (χ2n) is 5.94. The summed E-state index contributed by atoms with van der Waals surface area (Å²) in [5, 5.41) is 0. The van der Waals surface area contributed by atoms with Crippen LogP contribution in [0.2, 0.25) is 0 Å². The lowest BCUT2D eigenvalue weighted by molar-refractivity contribution is 0.200. The van der Waals surface area contributed by atoms with Crippen molar-refractivity contribution in [3.8, 4) is 0 Å². The summed E-state index contributed by atoms with van der Waals surface area (Å²) in [4.78, 5) is 0. The van der Waals surface area contributed by atoms with Gasteiger partial charge in [-0.25, -0.2) is 0 Å². The fourth-order valence-corrected chi connectivity index (χ4v) is 1.87. The van der Waals surface area contributed by atoms with E-state index in [0.717, 1.165) is 17.8 Å². The van der Waals surface area contributed by atoms with Crippen LogP contribution in [0.4, 0.5) is 0 Å². The summed E-state index contributed by atoms with van der Waals surface area (Å²) in [6.45, 7) is 18.0. The van der Waals surface area contributed by atoms with E-state index in [1.165, 1.54) is 12.8 Å². The first kappa shape index (κ1) is 13.0. The Balaban J connectivity index is 4.20. The summed E-state index contributed by atoms with van der Waals surface area (Å²) in [6, 6.07) is 0. The molecule has 0 atom stereocenters. The lowest BCUT2D eigenvalue weighted by Gasteiger charge is -2.33. The van der Waals surface area contributed by atoms with Crippen LogP contribution in [-0.4, -0.2) is 0 Å². The van der Waals surface area contributed by atoms with E-state index in [2.05, 4.69) is 48.5 Å². The van der Waals surface area contributed by atoms with Gasteiger partial charge in [0.05, 0.1) is 0 Å². The fourth-order valence-electron chi connectivity index (χ4n) is 1.87.